The van der Waals surface area contributed by atoms with E-state index in [0.717, 1.165) is 11.6 Å². The van der Waals surface area contributed by atoms with Gasteiger partial charge in [0.25, 0.3) is 0 Å². The molecule has 0 aromatic heterocycles. The van der Waals surface area contributed by atoms with Crippen LogP contribution in [0.1, 0.15) is 19.4 Å². The second-order valence-electron chi connectivity index (χ2n) is 6.33. The first kappa shape index (κ1) is 16.1. The van der Waals surface area contributed by atoms with Gasteiger partial charge in [-0.05, 0) is 25.5 Å². The molecule has 0 saturated carbocycles. The summed E-state index contributed by atoms with van der Waals surface area (Å²) in [6, 6.07) is 11.3. The Morgan fingerprint density at radius 2 is 1.83 bits per heavy atom. The molecular formula is C18H18F2N4. The summed E-state index contributed by atoms with van der Waals surface area (Å²) in [5, 5.41) is 19.8. The second kappa shape index (κ2) is 5.70. The Bertz CT molecular complexity index is 815. The third kappa shape index (κ3) is 2.75. The van der Waals surface area contributed by atoms with Gasteiger partial charge in [-0.15, -0.1) is 0 Å². The summed E-state index contributed by atoms with van der Waals surface area (Å²) < 4.78 is 28.0. The van der Waals surface area contributed by atoms with Crippen molar-refractivity contribution in [3.8, 4) is 0 Å². The fraction of sp³-hybridized carbons (Fsp3) is 0.222. The predicted octanol–water partition coefficient (Wildman–Crippen LogP) is 4.17. The van der Waals surface area contributed by atoms with E-state index >= 15 is 0 Å². The van der Waals surface area contributed by atoms with Crippen LogP contribution in [0.3, 0.4) is 0 Å². The minimum atomic E-state index is -0.851. The second-order valence-corrected chi connectivity index (χ2v) is 6.33. The van der Waals surface area contributed by atoms with Gasteiger partial charge >= 0.3 is 0 Å². The summed E-state index contributed by atoms with van der Waals surface area (Å²) in [7, 11) is 0. The summed E-state index contributed by atoms with van der Waals surface area (Å²) in [5.41, 5.74) is 0.291. The van der Waals surface area contributed by atoms with Gasteiger partial charge < -0.3 is 5.32 Å². The van der Waals surface area contributed by atoms with Crippen LogP contribution in [0.2, 0.25) is 0 Å². The van der Waals surface area contributed by atoms with Gasteiger partial charge in [-0.25, -0.2) is 8.78 Å². The molecule has 2 aromatic rings. The van der Waals surface area contributed by atoms with Crippen LogP contribution in [-0.4, -0.2) is 17.2 Å². The third-order valence-corrected chi connectivity index (χ3v) is 4.00. The van der Waals surface area contributed by atoms with E-state index in [-0.39, 0.29) is 29.5 Å². The molecule has 0 radical (unpaired) electrons. The number of amidine groups is 2. The number of hydrogen-bond acceptors (Lipinski definition) is 3. The van der Waals surface area contributed by atoms with E-state index in [1.807, 2.05) is 30.3 Å². The summed E-state index contributed by atoms with van der Waals surface area (Å²) in [4.78, 5) is 1.26. The van der Waals surface area contributed by atoms with Gasteiger partial charge in [-0.1, -0.05) is 30.3 Å². The highest BCUT2D eigenvalue weighted by Crippen LogP contribution is 2.38. The molecule has 4 nitrogen and oxygen atoms in total. The third-order valence-electron chi connectivity index (χ3n) is 4.00. The van der Waals surface area contributed by atoms with Crippen molar-refractivity contribution in [3.05, 3.63) is 59.7 Å². The lowest BCUT2D eigenvalue weighted by Crippen LogP contribution is -2.56. The van der Waals surface area contributed by atoms with E-state index in [9.17, 15) is 8.78 Å². The molecule has 1 aliphatic heterocycles. The average molecular weight is 328 g/mol. The van der Waals surface area contributed by atoms with Gasteiger partial charge in [0.2, 0.25) is 0 Å². The Morgan fingerprint density at radius 1 is 1.17 bits per heavy atom. The molecule has 0 spiro atoms. The Morgan fingerprint density at radius 3 is 2.50 bits per heavy atom. The Balaban J connectivity index is 2.06. The Hall–Kier alpha value is -2.76. The molecule has 0 aliphatic carbocycles. The molecule has 3 N–H and O–H groups in total. The average Bonchev–Trinajstić information content (AvgIpc) is 2.49. The summed E-state index contributed by atoms with van der Waals surface area (Å²) in [6.45, 7) is 3.48. The Labute approximate surface area is 139 Å². The first-order valence-corrected chi connectivity index (χ1v) is 7.57. The lowest BCUT2D eigenvalue weighted by Gasteiger charge is -2.42. The molecule has 24 heavy (non-hydrogen) atoms. The molecule has 124 valence electrons. The highest BCUT2D eigenvalue weighted by molar-refractivity contribution is 6.24. The lowest BCUT2D eigenvalue weighted by atomic mass is 9.96. The van der Waals surface area contributed by atoms with Crippen LogP contribution in [0.4, 0.5) is 20.2 Å². The SMILES string of the molecule is CC1(C)Nc2cc(F)cc(F)c2N(C(=N)Cc2ccccc2)C1=N. The zero-order valence-corrected chi connectivity index (χ0v) is 13.5. The van der Waals surface area contributed by atoms with Crippen LogP contribution in [0.25, 0.3) is 0 Å². The van der Waals surface area contributed by atoms with Crippen LogP contribution >= 0.6 is 0 Å². The molecular weight excluding hydrogens is 310 g/mol. The zero-order chi connectivity index (χ0) is 17.5. The largest absolute Gasteiger partial charge is 0.371 e. The van der Waals surface area contributed by atoms with Crippen molar-refractivity contribution in [2.75, 3.05) is 10.2 Å². The van der Waals surface area contributed by atoms with E-state index < -0.39 is 17.2 Å². The highest BCUT2D eigenvalue weighted by atomic mass is 19.1. The fourth-order valence-corrected chi connectivity index (χ4v) is 2.81. The van der Waals surface area contributed by atoms with Crippen molar-refractivity contribution in [3.63, 3.8) is 0 Å². The quantitative estimate of drug-likeness (QED) is 0.572. The van der Waals surface area contributed by atoms with Crippen LogP contribution in [0.5, 0.6) is 0 Å². The van der Waals surface area contributed by atoms with E-state index in [0.29, 0.717) is 0 Å². The number of halogens is 2. The van der Waals surface area contributed by atoms with Crippen molar-refractivity contribution in [2.24, 2.45) is 0 Å². The fourth-order valence-electron chi connectivity index (χ4n) is 2.81. The number of benzene rings is 2. The molecule has 0 unspecified atom stereocenters. The maximum Gasteiger partial charge on any atom is 0.152 e. The van der Waals surface area contributed by atoms with Crippen LogP contribution in [0.15, 0.2) is 42.5 Å². The topological polar surface area (TPSA) is 63.0 Å². The van der Waals surface area contributed by atoms with E-state index in [2.05, 4.69) is 5.32 Å². The smallest absolute Gasteiger partial charge is 0.152 e. The normalized spacial score (nSPS) is 15.7. The molecule has 6 heteroatoms. The molecule has 1 heterocycles. The number of hydrogen-bond donors (Lipinski definition) is 3. The van der Waals surface area contributed by atoms with Crippen molar-refractivity contribution in [1.29, 1.82) is 10.8 Å². The standard InChI is InChI=1S/C18H18F2N4/c1-18(2)17(22)24(15(21)8-11-6-4-3-5-7-11)16-13(20)9-12(19)10-14(16)23-18/h3-7,9-10,21-23H,8H2,1-2H3. The lowest BCUT2D eigenvalue weighted by molar-refractivity contribution is 0.581. The maximum absolute atomic E-state index is 14.4. The summed E-state index contributed by atoms with van der Waals surface area (Å²) >= 11 is 0. The zero-order valence-electron chi connectivity index (χ0n) is 13.5. The van der Waals surface area contributed by atoms with Gasteiger partial charge in [0.1, 0.15) is 23.2 Å². The van der Waals surface area contributed by atoms with Gasteiger partial charge in [0.15, 0.2) is 5.82 Å². The Kier molecular flexibility index (Phi) is 3.83. The van der Waals surface area contributed by atoms with E-state index in [1.54, 1.807) is 13.8 Å². The van der Waals surface area contributed by atoms with E-state index in [4.69, 9.17) is 10.8 Å². The van der Waals surface area contributed by atoms with Gasteiger partial charge in [0, 0.05) is 12.5 Å². The molecule has 0 atom stereocenters. The van der Waals surface area contributed by atoms with Gasteiger partial charge in [-0.3, -0.25) is 15.7 Å². The number of rotatable bonds is 2. The molecule has 0 saturated heterocycles. The summed E-state index contributed by atoms with van der Waals surface area (Å²) in [5.74, 6) is -1.39. The monoisotopic (exact) mass is 328 g/mol. The predicted molar refractivity (Wildman–Crippen MR) is 92.1 cm³/mol. The number of nitrogens with zero attached hydrogens (tertiary/aromatic N) is 1. The molecule has 3 rings (SSSR count). The first-order valence-electron chi connectivity index (χ1n) is 7.57. The van der Waals surface area contributed by atoms with Crippen molar-refractivity contribution in [1.82, 2.24) is 0 Å². The van der Waals surface area contributed by atoms with Crippen molar-refractivity contribution < 1.29 is 8.78 Å². The highest BCUT2D eigenvalue weighted by Gasteiger charge is 2.39. The number of nitrogens with one attached hydrogen (secondary N) is 3. The van der Waals surface area contributed by atoms with Crippen molar-refractivity contribution >= 4 is 23.0 Å². The first-order chi connectivity index (χ1) is 11.3. The van der Waals surface area contributed by atoms with Crippen LogP contribution in [-0.2, 0) is 6.42 Å². The van der Waals surface area contributed by atoms with Crippen molar-refractivity contribution in [2.45, 2.75) is 25.8 Å². The molecule has 2 aromatic carbocycles. The molecule has 0 fully saturated rings. The molecule has 1 aliphatic rings. The minimum absolute atomic E-state index is 0.0154. The number of fused-ring (bicyclic) bond motifs is 1. The minimum Gasteiger partial charge on any atom is -0.371 e. The van der Waals surface area contributed by atoms with Crippen LogP contribution < -0.4 is 10.2 Å². The van der Waals surface area contributed by atoms with Gasteiger partial charge in [-0.2, -0.15) is 0 Å². The van der Waals surface area contributed by atoms with E-state index in [1.165, 1.54) is 11.0 Å². The maximum atomic E-state index is 14.4. The summed E-state index contributed by atoms with van der Waals surface area (Å²) in [6.07, 6.45) is 0.246. The number of anilines is 2. The van der Waals surface area contributed by atoms with Crippen LogP contribution in [0, 0.1) is 22.5 Å². The molecule has 0 bridgehead atoms. The van der Waals surface area contributed by atoms with Gasteiger partial charge in [0.05, 0.1) is 11.2 Å². The molecule has 0 amide bonds.